The van der Waals surface area contributed by atoms with Gasteiger partial charge in [0.1, 0.15) is 5.75 Å². The third-order valence-electron chi connectivity index (χ3n) is 4.14. The van der Waals surface area contributed by atoms with E-state index in [-0.39, 0.29) is 12.0 Å². The Balaban J connectivity index is 2.12. The number of likely N-dealkylation sites (tertiary alicyclic amines) is 1. The molecule has 1 aromatic rings. The Morgan fingerprint density at radius 1 is 1.37 bits per heavy atom. The summed E-state index contributed by atoms with van der Waals surface area (Å²) in [6.45, 7) is 7.31. The molecule has 2 rings (SSSR count). The number of benzene rings is 1. The summed E-state index contributed by atoms with van der Waals surface area (Å²) in [5.74, 6) is -0.617. The van der Waals surface area contributed by atoms with Crippen molar-refractivity contribution in [3.8, 4) is 5.75 Å². The Morgan fingerprint density at radius 2 is 1.95 bits per heavy atom. The van der Waals surface area contributed by atoms with E-state index in [1.807, 2.05) is 32.9 Å². The maximum Gasteiger partial charge on any atom is 0.308 e. The SMILES string of the molecule is Cc1cc(CN2CCC(C(=O)O)C2C)cc(C)c1O. The van der Waals surface area contributed by atoms with E-state index in [9.17, 15) is 9.90 Å². The molecule has 1 aliphatic rings. The molecule has 0 aliphatic carbocycles. The van der Waals surface area contributed by atoms with E-state index in [0.717, 1.165) is 29.8 Å². The summed E-state index contributed by atoms with van der Waals surface area (Å²) < 4.78 is 0. The summed E-state index contributed by atoms with van der Waals surface area (Å²) >= 11 is 0. The van der Waals surface area contributed by atoms with Crippen molar-refractivity contribution in [3.63, 3.8) is 0 Å². The molecular formula is C15H21NO3. The molecule has 1 aliphatic heterocycles. The van der Waals surface area contributed by atoms with Gasteiger partial charge in [-0.1, -0.05) is 12.1 Å². The van der Waals surface area contributed by atoms with E-state index in [4.69, 9.17) is 5.11 Å². The minimum Gasteiger partial charge on any atom is -0.507 e. The van der Waals surface area contributed by atoms with Gasteiger partial charge in [-0.05, 0) is 50.4 Å². The molecule has 2 N–H and O–H groups in total. The third kappa shape index (κ3) is 2.73. The van der Waals surface area contributed by atoms with Gasteiger partial charge in [0.25, 0.3) is 0 Å². The van der Waals surface area contributed by atoms with Crippen LogP contribution in [0.5, 0.6) is 5.75 Å². The molecule has 1 saturated heterocycles. The minimum absolute atomic E-state index is 0.0620. The number of carboxylic acids is 1. The number of carboxylic acid groups (broad SMARTS) is 1. The van der Waals surface area contributed by atoms with Gasteiger partial charge in [-0.3, -0.25) is 9.69 Å². The predicted molar refractivity (Wildman–Crippen MR) is 73.2 cm³/mol. The fourth-order valence-electron chi connectivity index (χ4n) is 2.93. The number of phenolic OH excluding ortho intramolecular Hbond substituents is 1. The van der Waals surface area contributed by atoms with Gasteiger partial charge in [0.05, 0.1) is 5.92 Å². The Morgan fingerprint density at radius 3 is 2.42 bits per heavy atom. The molecule has 2 unspecified atom stereocenters. The monoisotopic (exact) mass is 263 g/mol. The second-order valence-electron chi connectivity index (χ2n) is 5.52. The van der Waals surface area contributed by atoms with Crippen molar-refractivity contribution in [2.75, 3.05) is 6.54 Å². The van der Waals surface area contributed by atoms with Gasteiger partial charge < -0.3 is 10.2 Å². The fraction of sp³-hybridized carbons (Fsp3) is 0.533. The van der Waals surface area contributed by atoms with Crippen molar-refractivity contribution in [1.82, 2.24) is 4.90 Å². The van der Waals surface area contributed by atoms with Crippen LogP contribution in [0.2, 0.25) is 0 Å². The molecule has 1 heterocycles. The lowest BCUT2D eigenvalue weighted by Gasteiger charge is -2.23. The second-order valence-corrected chi connectivity index (χ2v) is 5.52. The summed E-state index contributed by atoms with van der Waals surface area (Å²) in [4.78, 5) is 13.3. The van der Waals surface area contributed by atoms with Crippen LogP contribution in [0.25, 0.3) is 0 Å². The number of aliphatic carboxylic acids is 1. The van der Waals surface area contributed by atoms with Crippen LogP contribution < -0.4 is 0 Å². The lowest BCUT2D eigenvalue weighted by Crippen LogP contribution is -2.32. The molecule has 0 amide bonds. The first-order valence-corrected chi connectivity index (χ1v) is 6.66. The Labute approximate surface area is 113 Å². The maximum atomic E-state index is 11.1. The highest BCUT2D eigenvalue weighted by Crippen LogP contribution is 2.28. The third-order valence-corrected chi connectivity index (χ3v) is 4.14. The molecule has 0 spiro atoms. The number of rotatable bonds is 3. The molecular weight excluding hydrogens is 242 g/mol. The molecule has 104 valence electrons. The Hall–Kier alpha value is -1.55. The number of hydrogen-bond acceptors (Lipinski definition) is 3. The van der Waals surface area contributed by atoms with Crippen molar-refractivity contribution in [2.45, 2.75) is 39.8 Å². The predicted octanol–water partition coefficient (Wildman–Crippen LogP) is 2.30. The van der Waals surface area contributed by atoms with Gasteiger partial charge in [0, 0.05) is 12.6 Å². The summed E-state index contributed by atoms with van der Waals surface area (Å²) in [7, 11) is 0. The minimum atomic E-state index is -0.701. The molecule has 0 bridgehead atoms. The van der Waals surface area contributed by atoms with E-state index >= 15 is 0 Å². The molecule has 1 fully saturated rings. The second kappa shape index (κ2) is 5.21. The van der Waals surface area contributed by atoms with Crippen molar-refractivity contribution in [3.05, 3.63) is 28.8 Å². The van der Waals surface area contributed by atoms with Crippen molar-refractivity contribution < 1.29 is 15.0 Å². The lowest BCUT2D eigenvalue weighted by molar-refractivity contribution is -0.142. The van der Waals surface area contributed by atoms with Crippen LogP contribution in [0.4, 0.5) is 0 Å². The highest BCUT2D eigenvalue weighted by molar-refractivity contribution is 5.71. The number of carbonyl (C=O) groups is 1. The first kappa shape index (κ1) is 13.9. The molecule has 2 atom stereocenters. The van der Waals surface area contributed by atoms with Gasteiger partial charge in [-0.25, -0.2) is 0 Å². The summed E-state index contributed by atoms with van der Waals surface area (Å²) in [5.41, 5.74) is 2.87. The quantitative estimate of drug-likeness (QED) is 0.878. The standard InChI is InChI=1S/C15H21NO3/c1-9-6-12(7-10(2)14(9)17)8-16-5-4-13(11(16)3)15(18)19/h6-7,11,13,17H,4-5,8H2,1-3H3,(H,18,19). The highest BCUT2D eigenvalue weighted by Gasteiger charge is 2.35. The molecule has 0 radical (unpaired) electrons. The normalized spacial score (nSPS) is 23.7. The number of aryl methyl sites for hydroxylation is 2. The summed E-state index contributed by atoms with van der Waals surface area (Å²) in [6.07, 6.45) is 0.715. The average Bonchev–Trinajstić information content (AvgIpc) is 2.68. The Bertz CT molecular complexity index is 475. The van der Waals surface area contributed by atoms with E-state index in [1.54, 1.807) is 0 Å². The number of hydrogen-bond donors (Lipinski definition) is 2. The molecule has 0 aromatic heterocycles. The van der Waals surface area contributed by atoms with E-state index in [2.05, 4.69) is 4.90 Å². The first-order chi connectivity index (χ1) is 8.90. The smallest absolute Gasteiger partial charge is 0.308 e. The van der Waals surface area contributed by atoms with Gasteiger partial charge >= 0.3 is 5.97 Å². The molecule has 4 nitrogen and oxygen atoms in total. The van der Waals surface area contributed by atoms with E-state index in [0.29, 0.717) is 12.2 Å². The topological polar surface area (TPSA) is 60.8 Å². The zero-order chi connectivity index (χ0) is 14.2. The largest absolute Gasteiger partial charge is 0.507 e. The van der Waals surface area contributed by atoms with Crippen LogP contribution in [-0.2, 0) is 11.3 Å². The van der Waals surface area contributed by atoms with Crippen molar-refractivity contribution in [2.24, 2.45) is 5.92 Å². The van der Waals surface area contributed by atoms with Crippen LogP contribution in [0.15, 0.2) is 12.1 Å². The lowest BCUT2D eigenvalue weighted by atomic mass is 10.0. The van der Waals surface area contributed by atoms with Crippen LogP contribution in [0.1, 0.15) is 30.0 Å². The first-order valence-electron chi connectivity index (χ1n) is 6.66. The fourth-order valence-corrected chi connectivity index (χ4v) is 2.93. The molecule has 4 heteroatoms. The van der Waals surface area contributed by atoms with E-state index < -0.39 is 5.97 Å². The Kier molecular flexibility index (Phi) is 3.80. The van der Waals surface area contributed by atoms with Crippen LogP contribution in [0, 0.1) is 19.8 Å². The summed E-state index contributed by atoms with van der Waals surface area (Å²) in [5, 5.41) is 18.9. The summed E-state index contributed by atoms with van der Waals surface area (Å²) in [6, 6.07) is 4.01. The maximum absolute atomic E-state index is 11.1. The highest BCUT2D eigenvalue weighted by atomic mass is 16.4. The van der Waals surface area contributed by atoms with Gasteiger partial charge in [-0.15, -0.1) is 0 Å². The number of nitrogens with zero attached hydrogens (tertiary/aromatic N) is 1. The molecule has 1 aromatic carbocycles. The molecule has 19 heavy (non-hydrogen) atoms. The average molecular weight is 263 g/mol. The number of aromatic hydroxyl groups is 1. The van der Waals surface area contributed by atoms with Gasteiger partial charge in [0.15, 0.2) is 0 Å². The van der Waals surface area contributed by atoms with E-state index in [1.165, 1.54) is 0 Å². The molecule has 0 saturated carbocycles. The van der Waals surface area contributed by atoms with Crippen LogP contribution in [0.3, 0.4) is 0 Å². The zero-order valence-corrected chi connectivity index (χ0v) is 11.7. The van der Waals surface area contributed by atoms with Gasteiger partial charge in [0.2, 0.25) is 0 Å². The van der Waals surface area contributed by atoms with Crippen LogP contribution >= 0.6 is 0 Å². The van der Waals surface area contributed by atoms with Crippen LogP contribution in [-0.4, -0.2) is 33.7 Å². The number of phenols is 1. The zero-order valence-electron chi connectivity index (χ0n) is 11.7. The van der Waals surface area contributed by atoms with Crippen molar-refractivity contribution >= 4 is 5.97 Å². The van der Waals surface area contributed by atoms with Crippen molar-refractivity contribution in [1.29, 1.82) is 0 Å². The van der Waals surface area contributed by atoms with Gasteiger partial charge in [-0.2, -0.15) is 0 Å².